The molecule has 0 aliphatic carbocycles. The first-order valence-electron chi connectivity index (χ1n) is 7.16. The lowest BCUT2D eigenvalue weighted by Gasteiger charge is -2.13. The predicted molar refractivity (Wildman–Crippen MR) is 91.6 cm³/mol. The van der Waals surface area contributed by atoms with E-state index in [1.54, 1.807) is 18.2 Å². The Balaban J connectivity index is 2.31. The van der Waals surface area contributed by atoms with Gasteiger partial charge in [-0.15, -0.1) is 0 Å². The van der Waals surface area contributed by atoms with Crippen molar-refractivity contribution in [2.75, 3.05) is 17.7 Å². The lowest BCUT2D eigenvalue weighted by atomic mass is 10.2. The maximum atomic E-state index is 11.6. The van der Waals surface area contributed by atoms with Crippen molar-refractivity contribution in [1.82, 2.24) is 9.97 Å². The summed E-state index contributed by atoms with van der Waals surface area (Å²) >= 11 is 6.17. The molecular formula is C16H19ClN4O2. The molecule has 0 fully saturated rings. The van der Waals surface area contributed by atoms with Crippen LogP contribution < -0.4 is 10.6 Å². The first-order chi connectivity index (χ1) is 10.9. The molecule has 2 rings (SSSR count). The lowest BCUT2D eigenvalue weighted by molar-refractivity contribution is 0.0601. The highest BCUT2D eigenvalue weighted by Crippen LogP contribution is 2.26. The second-order valence-electron chi connectivity index (χ2n) is 5.33. The number of hydrogen-bond acceptors (Lipinski definition) is 6. The maximum absolute atomic E-state index is 11.6. The smallest absolute Gasteiger partial charge is 0.337 e. The van der Waals surface area contributed by atoms with Gasteiger partial charge in [-0.05, 0) is 39.0 Å². The van der Waals surface area contributed by atoms with E-state index in [0.29, 0.717) is 22.2 Å². The number of aromatic nitrogens is 2. The Kier molecular flexibility index (Phi) is 5.39. The third-order valence-electron chi connectivity index (χ3n) is 2.92. The number of anilines is 3. The second kappa shape index (κ2) is 7.28. The molecule has 0 radical (unpaired) electrons. The normalized spacial score (nSPS) is 10.5. The minimum Gasteiger partial charge on any atom is -0.465 e. The second-order valence-corrected chi connectivity index (χ2v) is 5.74. The van der Waals surface area contributed by atoms with Crippen molar-refractivity contribution < 1.29 is 9.53 Å². The molecule has 0 amide bonds. The molecule has 122 valence electrons. The molecule has 1 aromatic carbocycles. The van der Waals surface area contributed by atoms with Crippen LogP contribution >= 0.6 is 11.6 Å². The number of hydrogen-bond donors (Lipinski definition) is 2. The molecule has 0 bridgehead atoms. The van der Waals surface area contributed by atoms with Crippen molar-refractivity contribution in [1.29, 1.82) is 0 Å². The van der Waals surface area contributed by atoms with Crippen LogP contribution in [0.2, 0.25) is 5.02 Å². The SMILES string of the molecule is COC(=O)c1ccc(Cl)c(Nc2nc(C)cc(NC(C)C)n2)c1. The van der Waals surface area contributed by atoms with E-state index in [9.17, 15) is 4.79 Å². The highest BCUT2D eigenvalue weighted by Gasteiger charge is 2.11. The van der Waals surface area contributed by atoms with Gasteiger partial charge in [0.25, 0.3) is 0 Å². The number of methoxy groups -OCH3 is 1. The van der Waals surface area contributed by atoms with E-state index in [-0.39, 0.29) is 6.04 Å². The number of rotatable bonds is 5. The largest absolute Gasteiger partial charge is 0.465 e. The molecule has 0 atom stereocenters. The minimum absolute atomic E-state index is 0.253. The van der Waals surface area contributed by atoms with Gasteiger partial charge in [-0.3, -0.25) is 0 Å². The molecular weight excluding hydrogens is 316 g/mol. The Bertz CT molecular complexity index is 719. The van der Waals surface area contributed by atoms with Gasteiger partial charge in [-0.25, -0.2) is 9.78 Å². The maximum Gasteiger partial charge on any atom is 0.337 e. The Labute approximate surface area is 140 Å². The molecule has 0 aliphatic rings. The molecule has 1 aromatic heterocycles. The summed E-state index contributed by atoms with van der Waals surface area (Å²) in [4.78, 5) is 20.4. The molecule has 0 aliphatic heterocycles. The number of nitrogens with one attached hydrogen (secondary N) is 2. The van der Waals surface area contributed by atoms with Crippen LogP contribution in [0.25, 0.3) is 0 Å². The summed E-state index contributed by atoms with van der Waals surface area (Å²) in [6.45, 7) is 5.94. The highest BCUT2D eigenvalue weighted by molar-refractivity contribution is 6.33. The van der Waals surface area contributed by atoms with Crippen LogP contribution in [0.1, 0.15) is 29.9 Å². The third kappa shape index (κ3) is 4.56. The Morgan fingerprint density at radius 2 is 2.00 bits per heavy atom. The van der Waals surface area contributed by atoms with Gasteiger partial charge >= 0.3 is 5.97 Å². The summed E-state index contributed by atoms with van der Waals surface area (Å²) < 4.78 is 4.71. The average molecular weight is 335 g/mol. The van der Waals surface area contributed by atoms with Gasteiger partial charge in [0.15, 0.2) is 0 Å². The van der Waals surface area contributed by atoms with Crippen LogP contribution in [0.5, 0.6) is 0 Å². The quantitative estimate of drug-likeness (QED) is 0.810. The molecule has 23 heavy (non-hydrogen) atoms. The van der Waals surface area contributed by atoms with Gasteiger partial charge in [0.05, 0.1) is 23.4 Å². The molecule has 0 saturated carbocycles. The standard InChI is InChI=1S/C16H19ClN4O2/c1-9(2)18-14-7-10(3)19-16(21-14)20-13-8-11(15(22)23-4)5-6-12(13)17/h5-9H,1-4H3,(H2,18,19,20,21). The predicted octanol–water partition coefficient (Wildman–Crippen LogP) is 3.79. The van der Waals surface area contributed by atoms with Crippen LogP contribution in [-0.4, -0.2) is 29.1 Å². The van der Waals surface area contributed by atoms with E-state index in [0.717, 1.165) is 11.5 Å². The van der Waals surface area contributed by atoms with E-state index in [2.05, 4.69) is 20.6 Å². The van der Waals surface area contributed by atoms with Crippen LogP contribution in [-0.2, 0) is 4.74 Å². The van der Waals surface area contributed by atoms with Gasteiger partial charge in [-0.2, -0.15) is 4.98 Å². The number of halogens is 1. The molecule has 2 aromatic rings. The number of esters is 1. The van der Waals surface area contributed by atoms with Crippen molar-refractivity contribution >= 4 is 35.0 Å². The van der Waals surface area contributed by atoms with E-state index in [1.165, 1.54) is 7.11 Å². The average Bonchev–Trinajstić information content (AvgIpc) is 2.47. The van der Waals surface area contributed by atoms with Crippen LogP contribution in [0.3, 0.4) is 0 Å². The van der Waals surface area contributed by atoms with Crippen molar-refractivity contribution in [3.63, 3.8) is 0 Å². The summed E-state index contributed by atoms with van der Waals surface area (Å²) in [6.07, 6.45) is 0. The fourth-order valence-corrected chi connectivity index (χ4v) is 2.15. The number of aryl methyl sites for hydroxylation is 1. The summed E-state index contributed by atoms with van der Waals surface area (Å²) in [6, 6.07) is 6.94. The third-order valence-corrected chi connectivity index (χ3v) is 3.25. The highest BCUT2D eigenvalue weighted by atomic mass is 35.5. The number of ether oxygens (including phenoxy) is 1. The van der Waals surface area contributed by atoms with Gasteiger partial charge in [0, 0.05) is 17.8 Å². The molecule has 0 spiro atoms. The van der Waals surface area contributed by atoms with Crippen LogP contribution in [0, 0.1) is 6.92 Å². The number of carbonyl (C=O) groups is 1. The van der Waals surface area contributed by atoms with Crippen molar-refractivity contribution in [2.24, 2.45) is 0 Å². The first kappa shape index (κ1) is 17.0. The number of nitrogens with zero attached hydrogens (tertiary/aromatic N) is 2. The zero-order valence-electron chi connectivity index (χ0n) is 13.5. The van der Waals surface area contributed by atoms with E-state index in [1.807, 2.05) is 26.8 Å². The lowest BCUT2D eigenvalue weighted by Crippen LogP contribution is -2.12. The van der Waals surface area contributed by atoms with Gasteiger partial charge in [0.1, 0.15) is 5.82 Å². The molecule has 2 N–H and O–H groups in total. The van der Waals surface area contributed by atoms with E-state index < -0.39 is 5.97 Å². The molecule has 1 heterocycles. The molecule has 6 nitrogen and oxygen atoms in total. The summed E-state index contributed by atoms with van der Waals surface area (Å²) in [5, 5.41) is 6.73. The van der Waals surface area contributed by atoms with Gasteiger partial charge in [0.2, 0.25) is 5.95 Å². The fraction of sp³-hybridized carbons (Fsp3) is 0.312. The number of benzene rings is 1. The topological polar surface area (TPSA) is 76.1 Å². The zero-order valence-corrected chi connectivity index (χ0v) is 14.2. The van der Waals surface area contributed by atoms with E-state index >= 15 is 0 Å². The monoisotopic (exact) mass is 334 g/mol. The molecule has 0 saturated heterocycles. The van der Waals surface area contributed by atoms with Crippen molar-refractivity contribution in [2.45, 2.75) is 26.8 Å². The molecule has 0 unspecified atom stereocenters. The van der Waals surface area contributed by atoms with Gasteiger partial charge in [-0.1, -0.05) is 11.6 Å². The van der Waals surface area contributed by atoms with Crippen molar-refractivity contribution in [3.8, 4) is 0 Å². The summed E-state index contributed by atoms with van der Waals surface area (Å²) in [5.41, 5.74) is 1.74. The van der Waals surface area contributed by atoms with Crippen LogP contribution in [0.15, 0.2) is 24.3 Å². The van der Waals surface area contributed by atoms with E-state index in [4.69, 9.17) is 16.3 Å². The van der Waals surface area contributed by atoms with Gasteiger partial charge < -0.3 is 15.4 Å². The van der Waals surface area contributed by atoms with Crippen molar-refractivity contribution in [3.05, 3.63) is 40.5 Å². The first-order valence-corrected chi connectivity index (χ1v) is 7.54. The Hall–Kier alpha value is -2.34. The zero-order chi connectivity index (χ0) is 17.0. The summed E-state index contributed by atoms with van der Waals surface area (Å²) in [5.74, 6) is 0.685. The molecule has 7 heteroatoms. The number of carbonyl (C=O) groups excluding carboxylic acids is 1. The fourth-order valence-electron chi connectivity index (χ4n) is 1.98. The minimum atomic E-state index is -0.433. The Morgan fingerprint density at radius 3 is 2.65 bits per heavy atom. The summed E-state index contributed by atoms with van der Waals surface area (Å²) in [7, 11) is 1.33. The Morgan fingerprint density at radius 1 is 1.26 bits per heavy atom. The van der Waals surface area contributed by atoms with Crippen LogP contribution in [0.4, 0.5) is 17.5 Å².